The molecule has 4 atom stereocenters. The van der Waals surface area contributed by atoms with Crippen molar-refractivity contribution < 1.29 is 5.11 Å². The standard InChI is InChI=1S/C23H28N6OS/c1-11(2)18-19(13-5-12(3)22-25-10-26-29(22)9-13)27-16-6-17(31-21(16)18)23(30)28(4)20-14-7-24-8-15(14)20/h5-6,9-11,14-15,20,23-24,27,30H,7-8H2,1-4H3/t14-,15+,20?,23?. The summed E-state index contributed by atoms with van der Waals surface area (Å²) in [6.07, 6.45) is 3.08. The van der Waals surface area contributed by atoms with Gasteiger partial charge in [0.1, 0.15) is 12.6 Å². The summed E-state index contributed by atoms with van der Waals surface area (Å²) in [5.41, 5.74) is 6.63. The minimum atomic E-state index is -0.557. The van der Waals surface area contributed by atoms with E-state index in [1.54, 1.807) is 17.7 Å². The highest BCUT2D eigenvalue weighted by Gasteiger charge is 2.56. The summed E-state index contributed by atoms with van der Waals surface area (Å²) in [6, 6.07) is 4.80. The summed E-state index contributed by atoms with van der Waals surface area (Å²) in [6.45, 7) is 8.68. The Morgan fingerprint density at radius 1 is 1.26 bits per heavy atom. The van der Waals surface area contributed by atoms with E-state index >= 15 is 0 Å². The third-order valence-corrected chi connectivity index (χ3v) is 8.32. The molecule has 0 amide bonds. The molecule has 0 aromatic carbocycles. The van der Waals surface area contributed by atoms with E-state index in [-0.39, 0.29) is 0 Å². The zero-order chi connectivity index (χ0) is 21.4. The molecule has 7 nitrogen and oxygen atoms in total. The lowest BCUT2D eigenvalue weighted by Gasteiger charge is -2.24. The average molecular weight is 437 g/mol. The molecule has 4 aromatic heterocycles. The van der Waals surface area contributed by atoms with Crippen molar-refractivity contribution in [3.05, 3.63) is 40.7 Å². The molecule has 4 aromatic rings. The van der Waals surface area contributed by atoms with Gasteiger partial charge in [-0.2, -0.15) is 5.10 Å². The van der Waals surface area contributed by atoms with E-state index in [4.69, 9.17) is 0 Å². The molecule has 2 unspecified atom stereocenters. The number of aryl methyl sites for hydroxylation is 1. The van der Waals surface area contributed by atoms with Gasteiger partial charge in [-0.05, 0) is 68.1 Å². The van der Waals surface area contributed by atoms with Gasteiger partial charge in [0.25, 0.3) is 0 Å². The highest BCUT2D eigenvalue weighted by atomic mass is 32.1. The molecule has 162 valence electrons. The van der Waals surface area contributed by atoms with E-state index in [9.17, 15) is 5.11 Å². The maximum absolute atomic E-state index is 11.1. The van der Waals surface area contributed by atoms with Gasteiger partial charge in [0.2, 0.25) is 0 Å². The molecule has 1 saturated carbocycles. The van der Waals surface area contributed by atoms with Crippen LogP contribution in [0.1, 0.15) is 42.0 Å². The lowest BCUT2D eigenvalue weighted by Crippen LogP contribution is -2.32. The van der Waals surface area contributed by atoms with Gasteiger partial charge in [0.15, 0.2) is 5.65 Å². The minimum absolute atomic E-state index is 0.353. The first-order valence-corrected chi connectivity index (χ1v) is 11.8. The Bertz CT molecular complexity index is 1280. The van der Waals surface area contributed by atoms with Gasteiger partial charge in [-0.15, -0.1) is 11.3 Å². The number of fused-ring (bicyclic) bond motifs is 3. The molecule has 6 rings (SSSR count). The van der Waals surface area contributed by atoms with E-state index in [1.165, 1.54) is 10.3 Å². The Morgan fingerprint density at radius 3 is 2.77 bits per heavy atom. The van der Waals surface area contributed by atoms with Gasteiger partial charge >= 0.3 is 0 Å². The Morgan fingerprint density at radius 2 is 2.03 bits per heavy atom. The number of aliphatic hydroxyl groups excluding tert-OH is 1. The van der Waals surface area contributed by atoms with Crippen molar-refractivity contribution in [2.24, 2.45) is 11.8 Å². The quantitative estimate of drug-likeness (QED) is 0.417. The number of piperidine rings is 1. The molecule has 1 saturated heterocycles. The number of hydrogen-bond donors (Lipinski definition) is 3. The SMILES string of the molecule is Cc1cc(-c2[nH]c3cc(C(O)N(C)C4[C@H]5CNC[C@@H]45)sc3c2C(C)C)cn2ncnc12. The van der Waals surface area contributed by atoms with E-state index in [0.717, 1.165) is 46.0 Å². The number of thiophene rings is 1. The summed E-state index contributed by atoms with van der Waals surface area (Å²) in [7, 11) is 2.06. The second kappa shape index (κ2) is 6.87. The van der Waals surface area contributed by atoms with Crippen molar-refractivity contribution in [2.45, 2.75) is 39.0 Å². The number of hydrogen-bond acceptors (Lipinski definition) is 6. The Labute approximate surface area is 185 Å². The molecule has 5 heterocycles. The van der Waals surface area contributed by atoms with Crippen LogP contribution >= 0.6 is 11.3 Å². The fourth-order valence-corrected chi connectivity index (χ4v) is 6.86. The zero-order valence-corrected chi connectivity index (χ0v) is 19.1. The van der Waals surface area contributed by atoms with Gasteiger partial charge < -0.3 is 15.4 Å². The summed E-state index contributed by atoms with van der Waals surface area (Å²) in [5.74, 6) is 1.74. The predicted molar refractivity (Wildman–Crippen MR) is 123 cm³/mol. The van der Waals surface area contributed by atoms with Crippen LogP contribution in [0.25, 0.3) is 27.1 Å². The smallest absolute Gasteiger partial charge is 0.158 e. The first kappa shape index (κ1) is 19.4. The van der Waals surface area contributed by atoms with E-state index in [2.05, 4.69) is 65.2 Å². The summed E-state index contributed by atoms with van der Waals surface area (Å²) in [4.78, 5) is 11.2. The molecule has 0 bridgehead atoms. The van der Waals surface area contributed by atoms with Crippen LogP contribution in [-0.4, -0.2) is 55.8 Å². The molecule has 3 N–H and O–H groups in total. The van der Waals surface area contributed by atoms with Gasteiger partial charge in [-0.1, -0.05) is 13.8 Å². The Kier molecular flexibility index (Phi) is 4.30. The fraction of sp³-hybridized carbons (Fsp3) is 0.478. The van der Waals surface area contributed by atoms with Gasteiger partial charge in [0.05, 0.1) is 20.8 Å². The molecule has 31 heavy (non-hydrogen) atoms. The van der Waals surface area contributed by atoms with Crippen LogP contribution in [-0.2, 0) is 0 Å². The third kappa shape index (κ3) is 2.89. The van der Waals surface area contributed by atoms with Crippen LogP contribution in [0.3, 0.4) is 0 Å². The average Bonchev–Trinajstić information content (AvgIpc) is 3.28. The minimum Gasteiger partial charge on any atom is -0.373 e. The van der Waals surface area contributed by atoms with Crippen LogP contribution < -0.4 is 5.32 Å². The fourth-order valence-electron chi connectivity index (χ4n) is 5.51. The molecule has 8 heteroatoms. The number of nitrogens with one attached hydrogen (secondary N) is 2. The molecular formula is C23H28N6OS. The number of aliphatic hydroxyl groups is 1. The van der Waals surface area contributed by atoms with E-state index in [1.807, 2.05) is 10.7 Å². The molecular weight excluding hydrogens is 408 g/mol. The van der Waals surface area contributed by atoms with Gasteiger partial charge in [0, 0.05) is 17.8 Å². The van der Waals surface area contributed by atoms with Crippen LogP contribution in [0.4, 0.5) is 0 Å². The molecule has 0 radical (unpaired) electrons. The number of nitrogens with zero attached hydrogens (tertiary/aromatic N) is 4. The van der Waals surface area contributed by atoms with Crippen molar-refractivity contribution >= 4 is 27.2 Å². The Hall–Kier alpha value is -2.26. The normalized spacial score (nSPS) is 24.0. The number of pyridine rings is 1. The van der Waals surface area contributed by atoms with Crippen molar-refractivity contribution in [2.75, 3.05) is 20.1 Å². The molecule has 1 aliphatic carbocycles. The zero-order valence-electron chi connectivity index (χ0n) is 18.3. The second-order valence-electron chi connectivity index (χ2n) is 9.42. The van der Waals surface area contributed by atoms with Crippen molar-refractivity contribution in [3.63, 3.8) is 0 Å². The number of H-pyrrole nitrogens is 1. The van der Waals surface area contributed by atoms with Crippen LogP contribution in [0, 0.1) is 18.8 Å². The van der Waals surface area contributed by atoms with Gasteiger partial charge in [-0.25, -0.2) is 9.50 Å². The van der Waals surface area contributed by atoms with Crippen molar-refractivity contribution in [3.8, 4) is 11.3 Å². The monoisotopic (exact) mass is 436 g/mol. The van der Waals surface area contributed by atoms with E-state index in [0.29, 0.717) is 23.8 Å². The molecule has 2 fully saturated rings. The Balaban J connectivity index is 1.39. The summed E-state index contributed by atoms with van der Waals surface area (Å²) >= 11 is 1.71. The number of rotatable bonds is 5. The third-order valence-electron chi connectivity index (χ3n) is 7.11. The van der Waals surface area contributed by atoms with Crippen LogP contribution in [0.5, 0.6) is 0 Å². The summed E-state index contributed by atoms with van der Waals surface area (Å²) in [5, 5.41) is 18.9. The molecule has 1 aliphatic heterocycles. The van der Waals surface area contributed by atoms with Crippen molar-refractivity contribution in [1.82, 2.24) is 29.8 Å². The number of aromatic amines is 1. The van der Waals surface area contributed by atoms with Gasteiger partial charge in [-0.3, -0.25) is 4.90 Å². The van der Waals surface area contributed by atoms with E-state index < -0.39 is 6.23 Å². The first-order valence-electron chi connectivity index (χ1n) is 11.0. The van der Waals surface area contributed by atoms with Crippen molar-refractivity contribution in [1.29, 1.82) is 0 Å². The summed E-state index contributed by atoms with van der Waals surface area (Å²) < 4.78 is 3.08. The van der Waals surface area contributed by atoms with Crippen LogP contribution in [0.2, 0.25) is 0 Å². The predicted octanol–water partition coefficient (Wildman–Crippen LogP) is 3.51. The van der Waals surface area contributed by atoms with Crippen LogP contribution in [0.15, 0.2) is 24.7 Å². The topological polar surface area (TPSA) is 81.5 Å². The molecule has 0 spiro atoms. The lowest BCUT2D eigenvalue weighted by atomic mass is 9.99. The lowest BCUT2D eigenvalue weighted by molar-refractivity contribution is 0.0108. The maximum Gasteiger partial charge on any atom is 0.158 e. The highest BCUT2D eigenvalue weighted by molar-refractivity contribution is 7.19. The second-order valence-corrected chi connectivity index (χ2v) is 10.5. The maximum atomic E-state index is 11.1. The number of aromatic nitrogens is 4. The largest absolute Gasteiger partial charge is 0.373 e. The first-order chi connectivity index (χ1) is 14.9. The molecule has 2 aliphatic rings. The highest BCUT2D eigenvalue weighted by Crippen LogP contribution is 2.48.